The summed E-state index contributed by atoms with van der Waals surface area (Å²) in [4.78, 5) is 15.4. The van der Waals surface area contributed by atoms with Crippen molar-refractivity contribution in [1.29, 1.82) is 0 Å². The first kappa shape index (κ1) is 26.1. The number of nitrogens with zero attached hydrogens (tertiary/aromatic N) is 3. The van der Waals surface area contributed by atoms with Crippen molar-refractivity contribution >= 4 is 5.97 Å². The SMILES string of the molecule is CCOc1cccc(OC(C)=O)c1OCCCc1cn(-c2ccc(C(F)(F)F)cn2)nc1C(C)C. The van der Waals surface area contributed by atoms with Crippen molar-refractivity contribution in [2.75, 3.05) is 13.2 Å². The minimum atomic E-state index is -4.44. The van der Waals surface area contributed by atoms with Crippen molar-refractivity contribution in [2.24, 2.45) is 0 Å². The van der Waals surface area contributed by atoms with Crippen LogP contribution in [0.4, 0.5) is 13.2 Å². The van der Waals surface area contributed by atoms with Crippen LogP contribution in [0.5, 0.6) is 17.2 Å². The molecule has 0 spiro atoms. The molecule has 10 heteroatoms. The van der Waals surface area contributed by atoms with Crippen molar-refractivity contribution in [3.8, 4) is 23.1 Å². The molecule has 2 aromatic heterocycles. The van der Waals surface area contributed by atoms with Gasteiger partial charge >= 0.3 is 12.1 Å². The van der Waals surface area contributed by atoms with Gasteiger partial charge in [-0.25, -0.2) is 9.67 Å². The van der Waals surface area contributed by atoms with Crippen molar-refractivity contribution < 1.29 is 32.2 Å². The molecule has 0 atom stereocenters. The molecule has 2 heterocycles. The predicted molar refractivity (Wildman–Crippen MR) is 123 cm³/mol. The van der Waals surface area contributed by atoms with E-state index in [-0.39, 0.29) is 11.7 Å². The quantitative estimate of drug-likeness (QED) is 0.204. The van der Waals surface area contributed by atoms with E-state index < -0.39 is 17.7 Å². The fraction of sp³-hybridized carbons (Fsp3) is 0.400. The van der Waals surface area contributed by atoms with Gasteiger partial charge < -0.3 is 14.2 Å². The Balaban J connectivity index is 1.72. The highest BCUT2D eigenvalue weighted by Crippen LogP contribution is 2.37. The lowest BCUT2D eigenvalue weighted by Gasteiger charge is -2.15. The summed E-state index contributed by atoms with van der Waals surface area (Å²) in [7, 11) is 0. The smallest absolute Gasteiger partial charge is 0.417 e. The van der Waals surface area contributed by atoms with Crippen LogP contribution in [0.15, 0.2) is 42.7 Å². The first-order valence-electron chi connectivity index (χ1n) is 11.3. The van der Waals surface area contributed by atoms with Gasteiger partial charge in [0, 0.05) is 19.3 Å². The van der Waals surface area contributed by atoms with Gasteiger partial charge in [0.2, 0.25) is 5.75 Å². The lowest BCUT2D eigenvalue weighted by molar-refractivity contribution is -0.138. The van der Waals surface area contributed by atoms with E-state index in [9.17, 15) is 18.0 Å². The monoisotopic (exact) mass is 491 g/mol. The largest absolute Gasteiger partial charge is 0.490 e. The highest BCUT2D eigenvalue weighted by atomic mass is 19.4. The maximum Gasteiger partial charge on any atom is 0.417 e. The number of esters is 1. The first-order valence-corrected chi connectivity index (χ1v) is 11.3. The number of aryl methyl sites for hydroxylation is 1. The summed E-state index contributed by atoms with van der Waals surface area (Å²) in [5, 5.41) is 4.55. The molecular weight excluding hydrogens is 463 g/mol. The lowest BCUT2D eigenvalue weighted by atomic mass is 10.0. The number of alkyl halides is 3. The highest BCUT2D eigenvalue weighted by molar-refractivity contribution is 5.71. The van der Waals surface area contributed by atoms with Crippen LogP contribution in [0, 0.1) is 0 Å². The van der Waals surface area contributed by atoms with Crippen LogP contribution >= 0.6 is 0 Å². The summed E-state index contributed by atoms with van der Waals surface area (Å²) >= 11 is 0. The van der Waals surface area contributed by atoms with E-state index in [0.717, 1.165) is 23.5 Å². The Morgan fingerprint density at radius 2 is 1.86 bits per heavy atom. The van der Waals surface area contributed by atoms with Gasteiger partial charge in [-0.3, -0.25) is 4.79 Å². The van der Waals surface area contributed by atoms with Crippen molar-refractivity contribution in [3.63, 3.8) is 0 Å². The second-order valence-corrected chi connectivity index (χ2v) is 8.10. The predicted octanol–water partition coefficient (Wildman–Crippen LogP) is 5.75. The van der Waals surface area contributed by atoms with Gasteiger partial charge in [-0.1, -0.05) is 19.9 Å². The molecule has 188 valence electrons. The fourth-order valence-electron chi connectivity index (χ4n) is 3.49. The number of carbonyl (C=O) groups is 1. The highest BCUT2D eigenvalue weighted by Gasteiger charge is 2.30. The molecule has 0 unspecified atom stereocenters. The fourth-order valence-corrected chi connectivity index (χ4v) is 3.49. The molecule has 0 aliphatic rings. The van der Waals surface area contributed by atoms with Crippen LogP contribution in [0.25, 0.3) is 5.82 Å². The van der Waals surface area contributed by atoms with Crippen molar-refractivity contribution in [2.45, 2.75) is 52.6 Å². The van der Waals surface area contributed by atoms with Crippen molar-refractivity contribution in [3.05, 3.63) is 59.5 Å². The summed E-state index contributed by atoms with van der Waals surface area (Å²) in [6.45, 7) is 7.90. The molecule has 0 radical (unpaired) electrons. The number of carbonyl (C=O) groups excluding carboxylic acids is 1. The second kappa shape index (κ2) is 11.2. The molecule has 7 nitrogen and oxygen atoms in total. The average molecular weight is 492 g/mol. The normalized spacial score (nSPS) is 11.5. The number of rotatable bonds is 10. The van der Waals surface area contributed by atoms with E-state index in [1.807, 2.05) is 20.8 Å². The third-order valence-corrected chi connectivity index (χ3v) is 5.01. The number of hydrogen-bond acceptors (Lipinski definition) is 6. The number of pyridine rings is 1. The van der Waals surface area contributed by atoms with Crippen LogP contribution in [0.2, 0.25) is 0 Å². The van der Waals surface area contributed by atoms with Crippen LogP contribution < -0.4 is 14.2 Å². The Morgan fingerprint density at radius 1 is 1.11 bits per heavy atom. The molecule has 0 aliphatic carbocycles. The van der Waals surface area contributed by atoms with Crippen LogP contribution in [0.3, 0.4) is 0 Å². The topological polar surface area (TPSA) is 75.5 Å². The van der Waals surface area contributed by atoms with Gasteiger partial charge in [-0.2, -0.15) is 18.3 Å². The Bertz CT molecular complexity index is 1140. The molecule has 35 heavy (non-hydrogen) atoms. The Kier molecular flexibility index (Phi) is 8.37. The van der Waals surface area contributed by atoms with E-state index in [1.165, 1.54) is 17.7 Å². The summed E-state index contributed by atoms with van der Waals surface area (Å²) in [6.07, 6.45) is -0.626. The van der Waals surface area contributed by atoms with Gasteiger partial charge in [0.05, 0.1) is 24.5 Å². The summed E-state index contributed by atoms with van der Waals surface area (Å²) in [5.41, 5.74) is 0.973. The molecule has 0 N–H and O–H groups in total. The molecule has 0 bridgehead atoms. The van der Waals surface area contributed by atoms with Crippen LogP contribution in [-0.2, 0) is 17.4 Å². The zero-order chi connectivity index (χ0) is 25.6. The Labute approximate surface area is 201 Å². The third-order valence-electron chi connectivity index (χ3n) is 5.01. The number of aromatic nitrogens is 3. The number of ether oxygens (including phenoxy) is 3. The number of hydrogen-bond donors (Lipinski definition) is 0. The zero-order valence-corrected chi connectivity index (χ0v) is 20.1. The van der Waals surface area contributed by atoms with E-state index in [1.54, 1.807) is 24.4 Å². The Morgan fingerprint density at radius 3 is 2.46 bits per heavy atom. The molecular formula is C25H28F3N3O4. The van der Waals surface area contributed by atoms with Gasteiger partial charge in [0.1, 0.15) is 0 Å². The lowest BCUT2D eigenvalue weighted by Crippen LogP contribution is -2.07. The van der Waals surface area contributed by atoms with Gasteiger partial charge in [-0.15, -0.1) is 0 Å². The van der Waals surface area contributed by atoms with E-state index in [2.05, 4.69) is 10.1 Å². The number of halogens is 3. The minimum Gasteiger partial charge on any atom is -0.490 e. The molecule has 0 fully saturated rings. The molecule has 0 saturated carbocycles. The van der Waals surface area contributed by atoms with E-state index in [0.29, 0.717) is 43.4 Å². The van der Waals surface area contributed by atoms with Crippen molar-refractivity contribution in [1.82, 2.24) is 14.8 Å². The molecule has 0 aliphatic heterocycles. The van der Waals surface area contributed by atoms with Gasteiger partial charge in [0.15, 0.2) is 17.3 Å². The standard InChI is InChI=1S/C25H28F3N3O4/c1-5-33-20-9-6-10-21(35-17(4)32)24(20)34-13-7-8-18-15-31(30-23(18)16(2)3)22-12-11-19(14-29-22)25(26,27)28/h6,9-12,14-16H,5,7-8,13H2,1-4H3. The van der Waals surface area contributed by atoms with Crippen LogP contribution in [-0.4, -0.2) is 33.9 Å². The average Bonchev–Trinajstić information content (AvgIpc) is 3.22. The van der Waals surface area contributed by atoms with E-state index in [4.69, 9.17) is 14.2 Å². The number of para-hydroxylation sites is 1. The molecule has 3 aromatic rings. The zero-order valence-electron chi connectivity index (χ0n) is 20.1. The third kappa shape index (κ3) is 6.74. The number of benzene rings is 1. The Hall–Kier alpha value is -3.56. The molecule has 3 rings (SSSR count). The first-order chi connectivity index (χ1) is 16.6. The molecule has 0 saturated heterocycles. The van der Waals surface area contributed by atoms with Gasteiger partial charge in [-0.05, 0) is 55.5 Å². The van der Waals surface area contributed by atoms with E-state index >= 15 is 0 Å². The summed E-state index contributed by atoms with van der Waals surface area (Å²) < 4.78 is 56.8. The van der Waals surface area contributed by atoms with Gasteiger partial charge in [0.25, 0.3) is 0 Å². The second-order valence-electron chi connectivity index (χ2n) is 8.10. The minimum absolute atomic E-state index is 0.107. The summed E-state index contributed by atoms with van der Waals surface area (Å²) in [5.74, 6) is 1.07. The van der Waals surface area contributed by atoms with Crippen LogP contribution in [0.1, 0.15) is 56.9 Å². The molecule has 0 amide bonds. The maximum atomic E-state index is 12.8. The molecule has 1 aromatic carbocycles. The maximum absolute atomic E-state index is 12.8. The summed E-state index contributed by atoms with van der Waals surface area (Å²) in [6, 6.07) is 7.38.